The van der Waals surface area contributed by atoms with Gasteiger partial charge in [0.25, 0.3) is 0 Å². The van der Waals surface area contributed by atoms with Crippen LogP contribution in [0.25, 0.3) is 0 Å². The quantitative estimate of drug-likeness (QED) is 0.879. The molecule has 0 saturated heterocycles. The van der Waals surface area contributed by atoms with Crippen molar-refractivity contribution in [2.75, 3.05) is 0 Å². The van der Waals surface area contributed by atoms with E-state index in [2.05, 4.69) is 21.2 Å². The third-order valence-electron chi connectivity index (χ3n) is 2.44. The van der Waals surface area contributed by atoms with Gasteiger partial charge in [-0.2, -0.15) is 0 Å². The van der Waals surface area contributed by atoms with Gasteiger partial charge in [-0.3, -0.25) is 4.79 Å². The number of nitrogens with one attached hydrogen (secondary N) is 1. The number of aliphatic carboxylic acids is 1. The molecule has 1 atom stereocenters. The van der Waals surface area contributed by atoms with Crippen LogP contribution in [0.3, 0.4) is 0 Å². The molecule has 94 valence electrons. The molecule has 2 N–H and O–H groups in total. The van der Waals surface area contributed by atoms with E-state index in [4.69, 9.17) is 5.11 Å². The second-order valence-electron chi connectivity index (χ2n) is 4.19. The van der Waals surface area contributed by atoms with Gasteiger partial charge in [-0.1, -0.05) is 19.9 Å². The van der Waals surface area contributed by atoms with Gasteiger partial charge < -0.3 is 10.4 Å². The van der Waals surface area contributed by atoms with Crippen molar-refractivity contribution in [1.29, 1.82) is 0 Å². The molecule has 0 spiro atoms. The zero-order valence-electron chi connectivity index (χ0n) is 9.71. The monoisotopic (exact) mass is 303 g/mol. The first-order valence-electron chi connectivity index (χ1n) is 5.32. The highest BCUT2D eigenvalue weighted by atomic mass is 79.9. The van der Waals surface area contributed by atoms with Crippen molar-refractivity contribution >= 4 is 21.9 Å². The smallest absolute Gasteiger partial charge is 0.320 e. The summed E-state index contributed by atoms with van der Waals surface area (Å²) in [5, 5.41) is 11.9. The molecule has 0 aliphatic heterocycles. The lowest BCUT2D eigenvalue weighted by atomic mass is 10.0. The molecule has 0 aromatic heterocycles. The molecule has 1 aromatic carbocycles. The molecule has 3 nitrogen and oxygen atoms in total. The Labute approximate surface area is 108 Å². The zero-order valence-corrected chi connectivity index (χ0v) is 11.3. The molecule has 0 saturated carbocycles. The highest BCUT2D eigenvalue weighted by Crippen LogP contribution is 2.16. The Hall–Kier alpha value is -0.940. The Balaban J connectivity index is 2.65. The maximum Gasteiger partial charge on any atom is 0.320 e. The van der Waals surface area contributed by atoms with Crippen LogP contribution in [0, 0.1) is 11.7 Å². The Morgan fingerprint density at radius 3 is 2.65 bits per heavy atom. The number of benzene rings is 1. The summed E-state index contributed by atoms with van der Waals surface area (Å²) < 4.78 is 13.6. The molecule has 1 rings (SSSR count). The Morgan fingerprint density at radius 1 is 1.53 bits per heavy atom. The topological polar surface area (TPSA) is 49.3 Å². The van der Waals surface area contributed by atoms with Crippen molar-refractivity contribution in [2.24, 2.45) is 5.92 Å². The van der Waals surface area contributed by atoms with Gasteiger partial charge in [0.2, 0.25) is 0 Å². The maximum absolute atomic E-state index is 13.2. The van der Waals surface area contributed by atoms with Crippen LogP contribution in [-0.4, -0.2) is 17.1 Å². The van der Waals surface area contributed by atoms with Crippen LogP contribution in [0.4, 0.5) is 4.39 Å². The Bertz CT molecular complexity index is 409. The molecule has 0 heterocycles. The first kappa shape index (κ1) is 14.1. The molecule has 0 aliphatic carbocycles. The summed E-state index contributed by atoms with van der Waals surface area (Å²) in [4.78, 5) is 10.9. The van der Waals surface area contributed by atoms with Crippen LogP contribution in [0.5, 0.6) is 0 Å². The summed E-state index contributed by atoms with van der Waals surface area (Å²) in [7, 11) is 0. The normalized spacial score (nSPS) is 12.8. The average Bonchev–Trinajstić information content (AvgIpc) is 2.22. The van der Waals surface area contributed by atoms with Crippen molar-refractivity contribution < 1.29 is 14.3 Å². The molecule has 5 heteroatoms. The number of carboxylic acids is 1. The molecule has 0 amide bonds. The van der Waals surface area contributed by atoms with E-state index in [0.29, 0.717) is 11.0 Å². The number of carboxylic acid groups (broad SMARTS) is 1. The van der Waals surface area contributed by atoms with E-state index in [1.54, 1.807) is 12.1 Å². The average molecular weight is 304 g/mol. The van der Waals surface area contributed by atoms with Gasteiger partial charge >= 0.3 is 5.97 Å². The third kappa shape index (κ3) is 4.09. The predicted molar refractivity (Wildman–Crippen MR) is 67.2 cm³/mol. The third-order valence-corrected chi connectivity index (χ3v) is 3.09. The van der Waals surface area contributed by atoms with E-state index in [1.165, 1.54) is 6.07 Å². The van der Waals surface area contributed by atoms with Crippen molar-refractivity contribution in [1.82, 2.24) is 5.32 Å². The highest BCUT2D eigenvalue weighted by molar-refractivity contribution is 9.10. The summed E-state index contributed by atoms with van der Waals surface area (Å²) in [6, 6.07) is 4.12. The van der Waals surface area contributed by atoms with Crippen molar-refractivity contribution in [3.8, 4) is 0 Å². The van der Waals surface area contributed by atoms with Crippen LogP contribution in [0.15, 0.2) is 22.7 Å². The molecular formula is C12H15BrFNO2. The standard InChI is InChI=1S/C12H15BrFNO2/c1-7(2)11(12(16)17)15-6-8-3-4-9(13)10(14)5-8/h3-5,7,11,15H,6H2,1-2H3,(H,16,17)/t11-/m1/s1. The Morgan fingerprint density at radius 2 is 2.18 bits per heavy atom. The molecular weight excluding hydrogens is 289 g/mol. The lowest BCUT2D eigenvalue weighted by Crippen LogP contribution is -2.40. The van der Waals surface area contributed by atoms with Crippen molar-refractivity contribution in [3.05, 3.63) is 34.1 Å². The largest absolute Gasteiger partial charge is 0.480 e. The molecule has 0 fully saturated rings. The van der Waals surface area contributed by atoms with Crippen LogP contribution in [0.2, 0.25) is 0 Å². The summed E-state index contributed by atoms with van der Waals surface area (Å²) in [6.45, 7) is 3.99. The fourth-order valence-electron chi connectivity index (χ4n) is 1.49. The van der Waals surface area contributed by atoms with Gasteiger partial charge in [-0.05, 0) is 39.5 Å². The molecule has 0 unspecified atom stereocenters. The number of hydrogen-bond donors (Lipinski definition) is 2. The van der Waals surface area contributed by atoms with Crippen LogP contribution in [-0.2, 0) is 11.3 Å². The van der Waals surface area contributed by atoms with Gasteiger partial charge in [0.15, 0.2) is 0 Å². The van der Waals surface area contributed by atoms with Crippen LogP contribution in [0.1, 0.15) is 19.4 Å². The van der Waals surface area contributed by atoms with Crippen molar-refractivity contribution in [3.63, 3.8) is 0 Å². The fourth-order valence-corrected chi connectivity index (χ4v) is 1.73. The lowest BCUT2D eigenvalue weighted by molar-refractivity contribution is -0.140. The minimum Gasteiger partial charge on any atom is -0.480 e. The van der Waals surface area contributed by atoms with E-state index in [1.807, 2.05) is 13.8 Å². The van der Waals surface area contributed by atoms with E-state index >= 15 is 0 Å². The summed E-state index contributed by atoms with van der Waals surface area (Å²) in [5.41, 5.74) is 0.720. The van der Waals surface area contributed by atoms with Gasteiger partial charge in [0.1, 0.15) is 11.9 Å². The molecule has 0 bridgehead atoms. The van der Waals surface area contributed by atoms with Crippen LogP contribution < -0.4 is 5.32 Å². The van der Waals surface area contributed by atoms with E-state index < -0.39 is 12.0 Å². The minimum absolute atomic E-state index is 0.0206. The van der Waals surface area contributed by atoms with Gasteiger partial charge in [-0.25, -0.2) is 4.39 Å². The summed E-state index contributed by atoms with van der Waals surface area (Å²) >= 11 is 3.07. The van der Waals surface area contributed by atoms with Crippen molar-refractivity contribution in [2.45, 2.75) is 26.4 Å². The lowest BCUT2D eigenvalue weighted by Gasteiger charge is -2.17. The minimum atomic E-state index is -0.891. The molecule has 0 aliphatic rings. The second kappa shape index (κ2) is 6.12. The van der Waals surface area contributed by atoms with E-state index in [0.717, 1.165) is 5.56 Å². The van der Waals surface area contributed by atoms with Gasteiger partial charge in [-0.15, -0.1) is 0 Å². The number of hydrogen-bond acceptors (Lipinski definition) is 2. The zero-order chi connectivity index (χ0) is 13.0. The number of rotatable bonds is 5. The summed E-state index contributed by atoms with van der Waals surface area (Å²) in [5.74, 6) is -1.26. The second-order valence-corrected chi connectivity index (χ2v) is 5.04. The maximum atomic E-state index is 13.2. The molecule has 1 aromatic rings. The Kier molecular flexibility index (Phi) is 5.08. The van der Waals surface area contributed by atoms with E-state index in [9.17, 15) is 9.18 Å². The summed E-state index contributed by atoms with van der Waals surface area (Å²) in [6.07, 6.45) is 0. The fraction of sp³-hybridized carbons (Fsp3) is 0.417. The predicted octanol–water partition coefficient (Wildman–Crippen LogP) is 2.79. The number of carbonyl (C=O) groups is 1. The van der Waals surface area contributed by atoms with Crippen LogP contribution >= 0.6 is 15.9 Å². The number of halogens is 2. The highest BCUT2D eigenvalue weighted by Gasteiger charge is 2.20. The van der Waals surface area contributed by atoms with Gasteiger partial charge in [0, 0.05) is 6.54 Å². The molecule has 17 heavy (non-hydrogen) atoms. The first-order valence-corrected chi connectivity index (χ1v) is 6.11. The van der Waals surface area contributed by atoms with Gasteiger partial charge in [0.05, 0.1) is 4.47 Å². The molecule has 0 radical (unpaired) electrons. The van der Waals surface area contributed by atoms with E-state index in [-0.39, 0.29) is 11.7 Å². The SMILES string of the molecule is CC(C)[C@@H](NCc1ccc(Br)c(F)c1)C(=O)O. The first-order chi connectivity index (χ1) is 7.91.